The molecule has 22 heavy (non-hydrogen) atoms. The summed E-state index contributed by atoms with van der Waals surface area (Å²) in [5, 5.41) is 0. The van der Waals surface area contributed by atoms with Crippen LogP contribution in [-0.2, 0) is 10.0 Å². The van der Waals surface area contributed by atoms with E-state index in [2.05, 4.69) is 18.7 Å². The Hall–Kier alpha value is -0.910. The first-order chi connectivity index (χ1) is 10.4. The fourth-order valence-corrected chi connectivity index (χ4v) is 3.95. The lowest BCUT2D eigenvalue weighted by Crippen LogP contribution is -2.38. The Kier molecular flexibility index (Phi) is 6.01. The van der Waals surface area contributed by atoms with Crippen molar-refractivity contribution in [1.82, 2.24) is 9.21 Å². The summed E-state index contributed by atoms with van der Waals surface area (Å²) in [6.07, 6.45) is 3.76. The number of nitrogens with zero attached hydrogens (tertiary/aromatic N) is 2. The summed E-state index contributed by atoms with van der Waals surface area (Å²) in [4.78, 5) is 2.75. The lowest BCUT2D eigenvalue weighted by molar-refractivity contribution is 0.218. The van der Waals surface area contributed by atoms with Crippen LogP contribution in [0.3, 0.4) is 0 Å². The molecule has 1 aromatic rings. The van der Waals surface area contributed by atoms with E-state index in [-0.39, 0.29) is 0 Å². The molecule has 1 fully saturated rings. The van der Waals surface area contributed by atoms with Gasteiger partial charge < -0.3 is 4.90 Å². The molecule has 0 aromatic heterocycles. The van der Waals surface area contributed by atoms with Crippen molar-refractivity contribution in [3.05, 3.63) is 29.8 Å². The van der Waals surface area contributed by atoms with Gasteiger partial charge in [0.1, 0.15) is 0 Å². The molecular weight excluding hydrogens is 296 g/mol. The molecule has 124 valence electrons. The zero-order valence-corrected chi connectivity index (χ0v) is 14.8. The van der Waals surface area contributed by atoms with Gasteiger partial charge in [-0.15, -0.1) is 0 Å². The molecule has 1 saturated heterocycles. The highest BCUT2D eigenvalue weighted by Gasteiger charge is 2.21. The average molecular weight is 324 g/mol. The minimum atomic E-state index is -3.38. The molecule has 0 amide bonds. The molecular formula is C17H28N2O2S. The summed E-state index contributed by atoms with van der Waals surface area (Å²) in [5.41, 5.74) is 1.16. The van der Waals surface area contributed by atoms with Crippen molar-refractivity contribution < 1.29 is 8.42 Å². The van der Waals surface area contributed by atoms with Crippen LogP contribution >= 0.6 is 0 Å². The first-order valence-corrected chi connectivity index (χ1v) is 9.64. The summed E-state index contributed by atoms with van der Waals surface area (Å²) in [5.74, 6) is 0.411. The quantitative estimate of drug-likeness (QED) is 0.808. The van der Waals surface area contributed by atoms with Gasteiger partial charge in [-0.1, -0.05) is 32.4 Å². The Labute approximate surface area is 135 Å². The highest BCUT2D eigenvalue weighted by Crippen LogP contribution is 2.19. The van der Waals surface area contributed by atoms with E-state index in [1.807, 2.05) is 12.1 Å². The smallest absolute Gasteiger partial charge is 0.242 e. The van der Waals surface area contributed by atoms with Crippen LogP contribution in [0.25, 0.3) is 0 Å². The van der Waals surface area contributed by atoms with Gasteiger partial charge in [0.15, 0.2) is 0 Å². The Morgan fingerprint density at radius 3 is 2.23 bits per heavy atom. The fourth-order valence-electron chi connectivity index (χ4n) is 2.79. The van der Waals surface area contributed by atoms with E-state index in [0.29, 0.717) is 17.4 Å². The molecule has 0 radical (unpaired) electrons. The minimum absolute atomic E-state index is 0.387. The van der Waals surface area contributed by atoms with Crippen LogP contribution in [0.1, 0.15) is 44.6 Å². The summed E-state index contributed by atoms with van der Waals surface area (Å²) in [6, 6.07) is 7.27. The molecule has 0 atom stereocenters. The van der Waals surface area contributed by atoms with E-state index in [1.165, 1.54) is 23.6 Å². The summed E-state index contributed by atoms with van der Waals surface area (Å²) in [7, 11) is -1.70. The maximum atomic E-state index is 12.6. The normalized spacial score (nSPS) is 17.3. The minimum Gasteiger partial charge on any atom is -0.302 e. The number of rotatable bonds is 6. The molecule has 2 rings (SSSR count). The van der Waals surface area contributed by atoms with Crippen LogP contribution in [0.5, 0.6) is 0 Å². The first-order valence-electron chi connectivity index (χ1n) is 8.20. The van der Waals surface area contributed by atoms with E-state index < -0.39 is 10.0 Å². The van der Waals surface area contributed by atoms with Crippen molar-refractivity contribution in [2.45, 2.75) is 43.9 Å². The molecule has 0 N–H and O–H groups in total. The van der Waals surface area contributed by atoms with Crippen molar-refractivity contribution in [3.8, 4) is 0 Å². The summed E-state index contributed by atoms with van der Waals surface area (Å²) in [6.45, 7) is 7.77. The van der Waals surface area contributed by atoms with Crippen LogP contribution in [-0.4, -0.2) is 50.8 Å². The third-order valence-electron chi connectivity index (χ3n) is 4.43. The largest absolute Gasteiger partial charge is 0.302 e. The number of likely N-dealkylation sites (N-methyl/N-ethyl adjacent to an activating group) is 1. The number of sulfonamides is 1. The predicted octanol–water partition coefficient (Wildman–Crippen LogP) is 2.92. The molecule has 0 bridgehead atoms. The Morgan fingerprint density at radius 2 is 1.68 bits per heavy atom. The molecule has 1 aliphatic rings. The number of likely N-dealkylation sites (tertiary alicyclic amines) is 1. The van der Waals surface area contributed by atoms with Gasteiger partial charge in [-0.05, 0) is 49.5 Å². The number of piperidine rings is 1. The second-order valence-electron chi connectivity index (χ2n) is 6.45. The van der Waals surface area contributed by atoms with Gasteiger partial charge in [0.2, 0.25) is 10.0 Å². The lowest BCUT2D eigenvalue weighted by Gasteiger charge is -2.28. The van der Waals surface area contributed by atoms with E-state index in [0.717, 1.165) is 25.2 Å². The molecule has 0 saturated carbocycles. The molecule has 0 aliphatic carbocycles. The van der Waals surface area contributed by atoms with E-state index in [9.17, 15) is 8.42 Å². The third kappa shape index (κ3) is 4.31. The fraction of sp³-hybridized carbons (Fsp3) is 0.647. The van der Waals surface area contributed by atoms with Gasteiger partial charge in [0.25, 0.3) is 0 Å². The molecule has 4 nitrogen and oxygen atoms in total. The standard InChI is InChI=1S/C17H28N2O2S/c1-15(2)16-7-9-17(10-8-16)22(20,21)18(3)13-14-19-11-5-4-6-12-19/h7-10,15H,4-6,11-14H2,1-3H3. The van der Waals surface area contributed by atoms with Crippen LogP contribution in [0.2, 0.25) is 0 Å². The highest BCUT2D eigenvalue weighted by molar-refractivity contribution is 7.89. The van der Waals surface area contributed by atoms with Crippen LogP contribution in [0.15, 0.2) is 29.2 Å². The van der Waals surface area contributed by atoms with Crippen LogP contribution in [0, 0.1) is 0 Å². The van der Waals surface area contributed by atoms with Gasteiger partial charge in [0, 0.05) is 20.1 Å². The SMILES string of the molecule is CC(C)c1ccc(S(=O)(=O)N(C)CCN2CCCCC2)cc1. The van der Waals surface area contributed by atoms with E-state index in [4.69, 9.17) is 0 Å². The maximum Gasteiger partial charge on any atom is 0.242 e. The lowest BCUT2D eigenvalue weighted by atomic mass is 10.0. The molecule has 1 aliphatic heterocycles. The second-order valence-corrected chi connectivity index (χ2v) is 8.50. The van der Waals surface area contributed by atoms with Crippen LogP contribution < -0.4 is 0 Å². The molecule has 1 heterocycles. The first kappa shape index (κ1) is 17.4. The molecule has 1 aromatic carbocycles. The number of hydrogen-bond acceptors (Lipinski definition) is 3. The topological polar surface area (TPSA) is 40.6 Å². The second kappa shape index (κ2) is 7.57. The Balaban J connectivity index is 1.98. The third-order valence-corrected chi connectivity index (χ3v) is 6.31. The van der Waals surface area contributed by atoms with Crippen molar-refractivity contribution in [2.24, 2.45) is 0 Å². The summed E-state index contributed by atoms with van der Waals surface area (Å²) >= 11 is 0. The van der Waals surface area contributed by atoms with Gasteiger partial charge in [0.05, 0.1) is 4.90 Å². The van der Waals surface area contributed by atoms with E-state index >= 15 is 0 Å². The zero-order valence-electron chi connectivity index (χ0n) is 14.0. The number of benzene rings is 1. The van der Waals surface area contributed by atoms with Gasteiger partial charge in [-0.25, -0.2) is 8.42 Å². The van der Waals surface area contributed by atoms with Gasteiger partial charge in [-0.2, -0.15) is 4.31 Å². The van der Waals surface area contributed by atoms with Gasteiger partial charge >= 0.3 is 0 Å². The summed E-state index contributed by atoms with van der Waals surface area (Å²) < 4.78 is 26.7. The zero-order chi connectivity index (χ0) is 16.2. The van der Waals surface area contributed by atoms with E-state index in [1.54, 1.807) is 19.2 Å². The van der Waals surface area contributed by atoms with Crippen LogP contribution in [0.4, 0.5) is 0 Å². The van der Waals surface area contributed by atoms with Crippen molar-refractivity contribution in [2.75, 3.05) is 33.2 Å². The molecule has 0 spiro atoms. The molecule has 5 heteroatoms. The van der Waals surface area contributed by atoms with Crippen molar-refractivity contribution in [1.29, 1.82) is 0 Å². The predicted molar refractivity (Wildman–Crippen MR) is 90.6 cm³/mol. The van der Waals surface area contributed by atoms with Crippen molar-refractivity contribution in [3.63, 3.8) is 0 Å². The highest BCUT2D eigenvalue weighted by atomic mass is 32.2. The number of hydrogen-bond donors (Lipinski definition) is 0. The van der Waals surface area contributed by atoms with Gasteiger partial charge in [-0.3, -0.25) is 0 Å². The monoisotopic (exact) mass is 324 g/mol. The maximum absolute atomic E-state index is 12.6. The average Bonchev–Trinajstić information content (AvgIpc) is 2.53. The molecule has 0 unspecified atom stereocenters. The Morgan fingerprint density at radius 1 is 1.09 bits per heavy atom. The Bertz CT molecular complexity index is 561. The van der Waals surface area contributed by atoms with Crippen molar-refractivity contribution >= 4 is 10.0 Å².